The van der Waals surface area contributed by atoms with Crippen molar-refractivity contribution in [3.05, 3.63) is 54.0 Å². The monoisotopic (exact) mass is 303 g/mol. The molecule has 1 aliphatic rings. The molecule has 1 N–H and O–H groups in total. The van der Waals surface area contributed by atoms with Crippen molar-refractivity contribution in [2.24, 2.45) is 0 Å². The van der Waals surface area contributed by atoms with Crippen molar-refractivity contribution in [2.75, 3.05) is 13.1 Å². The molecule has 1 unspecified atom stereocenters. The Morgan fingerprint density at radius 3 is 3.09 bits per heavy atom. The molecular formula is C18H17N5. The van der Waals surface area contributed by atoms with Crippen LogP contribution >= 0.6 is 0 Å². The number of nitrogens with zero attached hydrogens (tertiary/aromatic N) is 4. The molecule has 4 heterocycles. The van der Waals surface area contributed by atoms with Gasteiger partial charge in [-0.3, -0.25) is 4.98 Å². The minimum atomic E-state index is 0.472. The zero-order valence-corrected chi connectivity index (χ0v) is 12.7. The fourth-order valence-electron chi connectivity index (χ4n) is 3.18. The van der Waals surface area contributed by atoms with Crippen molar-refractivity contribution in [2.45, 2.75) is 18.8 Å². The second-order valence-electron chi connectivity index (χ2n) is 5.91. The SMILES string of the molecule is N#Cc1ccn2ncc(-c3cccc(C4CCCNC4)n3)c2c1. The Kier molecular flexibility index (Phi) is 3.52. The van der Waals surface area contributed by atoms with Crippen molar-refractivity contribution in [3.8, 4) is 17.3 Å². The van der Waals surface area contributed by atoms with Gasteiger partial charge < -0.3 is 5.32 Å². The third-order valence-electron chi connectivity index (χ3n) is 4.41. The lowest BCUT2D eigenvalue weighted by Gasteiger charge is -2.22. The summed E-state index contributed by atoms with van der Waals surface area (Å²) in [5, 5.41) is 16.9. The van der Waals surface area contributed by atoms with Crippen LogP contribution in [0.4, 0.5) is 0 Å². The number of pyridine rings is 2. The van der Waals surface area contributed by atoms with Crippen LogP contribution in [0.3, 0.4) is 0 Å². The van der Waals surface area contributed by atoms with Crippen LogP contribution in [-0.4, -0.2) is 27.7 Å². The van der Waals surface area contributed by atoms with E-state index in [1.807, 2.05) is 24.5 Å². The average Bonchev–Trinajstić information content (AvgIpc) is 3.05. The molecule has 1 saturated heterocycles. The quantitative estimate of drug-likeness (QED) is 0.790. The molecule has 0 amide bonds. The van der Waals surface area contributed by atoms with Gasteiger partial charge in [-0.2, -0.15) is 10.4 Å². The van der Waals surface area contributed by atoms with Gasteiger partial charge in [0.2, 0.25) is 0 Å². The highest BCUT2D eigenvalue weighted by Gasteiger charge is 2.17. The van der Waals surface area contributed by atoms with Gasteiger partial charge in [-0.15, -0.1) is 0 Å². The number of piperidine rings is 1. The number of nitrogens with one attached hydrogen (secondary N) is 1. The number of rotatable bonds is 2. The van der Waals surface area contributed by atoms with Crippen LogP contribution in [0.5, 0.6) is 0 Å². The number of nitriles is 1. The van der Waals surface area contributed by atoms with Gasteiger partial charge in [0, 0.05) is 29.9 Å². The smallest absolute Gasteiger partial charge is 0.0992 e. The van der Waals surface area contributed by atoms with E-state index in [2.05, 4.69) is 28.6 Å². The molecule has 23 heavy (non-hydrogen) atoms. The van der Waals surface area contributed by atoms with Crippen LogP contribution in [0, 0.1) is 11.3 Å². The lowest BCUT2D eigenvalue weighted by atomic mass is 9.95. The van der Waals surface area contributed by atoms with Crippen LogP contribution in [-0.2, 0) is 0 Å². The first-order valence-corrected chi connectivity index (χ1v) is 7.91. The zero-order valence-electron chi connectivity index (χ0n) is 12.7. The Labute approximate surface area is 134 Å². The maximum atomic E-state index is 9.11. The molecule has 0 saturated carbocycles. The van der Waals surface area contributed by atoms with Gasteiger partial charge in [-0.05, 0) is 43.7 Å². The minimum absolute atomic E-state index is 0.472. The number of fused-ring (bicyclic) bond motifs is 1. The number of hydrogen-bond donors (Lipinski definition) is 1. The van der Waals surface area contributed by atoms with E-state index in [9.17, 15) is 0 Å². The summed E-state index contributed by atoms with van der Waals surface area (Å²) >= 11 is 0. The van der Waals surface area contributed by atoms with E-state index in [0.717, 1.165) is 35.6 Å². The van der Waals surface area contributed by atoms with Gasteiger partial charge in [-0.25, -0.2) is 4.52 Å². The standard InChI is InChI=1S/C18H17N5/c19-10-13-6-8-23-18(9-13)15(12-21-23)17-5-1-4-16(22-17)14-3-2-7-20-11-14/h1,4-6,8-9,12,14,20H,2-3,7,11H2. The first-order chi connectivity index (χ1) is 11.3. The maximum absolute atomic E-state index is 9.11. The van der Waals surface area contributed by atoms with Crippen LogP contribution in [0.1, 0.15) is 30.0 Å². The summed E-state index contributed by atoms with van der Waals surface area (Å²) in [6.45, 7) is 2.09. The van der Waals surface area contributed by atoms with Gasteiger partial charge in [-0.1, -0.05) is 6.07 Å². The van der Waals surface area contributed by atoms with Crippen molar-refractivity contribution >= 4 is 5.52 Å². The summed E-state index contributed by atoms with van der Waals surface area (Å²) < 4.78 is 1.78. The Hall–Kier alpha value is -2.71. The lowest BCUT2D eigenvalue weighted by Crippen LogP contribution is -2.28. The summed E-state index contributed by atoms with van der Waals surface area (Å²) in [7, 11) is 0. The molecule has 0 aliphatic carbocycles. The summed E-state index contributed by atoms with van der Waals surface area (Å²) in [5.41, 5.74) is 4.55. The topological polar surface area (TPSA) is 66.0 Å². The van der Waals surface area contributed by atoms with Crippen molar-refractivity contribution in [3.63, 3.8) is 0 Å². The zero-order chi connectivity index (χ0) is 15.6. The molecular weight excluding hydrogens is 286 g/mol. The van der Waals surface area contributed by atoms with Gasteiger partial charge in [0.25, 0.3) is 0 Å². The molecule has 3 aromatic rings. The van der Waals surface area contributed by atoms with Crippen molar-refractivity contribution < 1.29 is 0 Å². The molecule has 5 heteroatoms. The largest absolute Gasteiger partial charge is 0.316 e. The fraction of sp³-hybridized carbons (Fsp3) is 0.278. The minimum Gasteiger partial charge on any atom is -0.316 e. The fourth-order valence-corrected chi connectivity index (χ4v) is 3.18. The highest BCUT2D eigenvalue weighted by molar-refractivity contribution is 5.78. The summed E-state index contributed by atoms with van der Waals surface area (Å²) in [6, 6.07) is 12.0. The Bertz CT molecular complexity index is 884. The van der Waals surface area contributed by atoms with E-state index in [1.54, 1.807) is 10.6 Å². The first kappa shape index (κ1) is 13.9. The molecule has 0 radical (unpaired) electrons. The normalized spacial score (nSPS) is 18.0. The molecule has 5 nitrogen and oxygen atoms in total. The third-order valence-corrected chi connectivity index (χ3v) is 4.41. The molecule has 1 atom stereocenters. The maximum Gasteiger partial charge on any atom is 0.0992 e. The molecule has 0 bridgehead atoms. The molecule has 4 rings (SSSR count). The van der Waals surface area contributed by atoms with E-state index in [4.69, 9.17) is 10.2 Å². The number of hydrogen-bond acceptors (Lipinski definition) is 4. The Morgan fingerprint density at radius 1 is 1.30 bits per heavy atom. The second kappa shape index (κ2) is 5.82. The highest BCUT2D eigenvalue weighted by atomic mass is 15.2. The predicted octanol–water partition coefficient (Wildman–Crippen LogP) is 2.73. The summed E-state index contributed by atoms with van der Waals surface area (Å²) in [6.07, 6.45) is 6.00. The van der Waals surface area contributed by atoms with E-state index >= 15 is 0 Å². The Morgan fingerprint density at radius 2 is 2.26 bits per heavy atom. The van der Waals surface area contributed by atoms with E-state index < -0.39 is 0 Å². The molecule has 0 aromatic carbocycles. The van der Waals surface area contributed by atoms with Crippen LogP contribution in [0.2, 0.25) is 0 Å². The molecule has 114 valence electrons. The summed E-state index contributed by atoms with van der Waals surface area (Å²) in [5.74, 6) is 0.472. The van der Waals surface area contributed by atoms with Crippen molar-refractivity contribution in [1.29, 1.82) is 5.26 Å². The molecule has 3 aromatic heterocycles. The van der Waals surface area contributed by atoms with Crippen LogP contribution < -0.4 is 5.32 Å². The average molecular weight is 303 g/mol. The number of aromatic nitrogens is 3. The van der Waals surface area contributed by atoms with Crippen molar-refractivity contribution in [1.82, 2.24) is 19.9 Å². The van der Waals surface area contributed by atoms with Crippen LogP contribution in [0.25, 0.3) is 16.8 Å². The third kappa shape index (κ3) is 2.58. The van der Waals surface area contributed by atoms with Gasteiger partial charge in [0.05, 0.1) is 29.0 Å². The lowest BCUT2D eigenvalue weighted by molar-refractivity contribution is 0.455. The van der Waals surface area contributed by atoms with Gasteiger partial charge in [0.15, 0.2) is 0 Å². The Balaban J connectivity index is 1.77. The van der Waals surface area contributed by atoms with E-state index in [1.165, 1.54) is 12.8 Å². The highest BCUT2D eigenvalue weighted by Crippen LogP contribution is 2.27. The van der Waals surface area contributed by atoms with E-state index in [0.29, 0.717) is 11.5 Å². The second-order valence-corrected chi connectivity index (χ2v) is 5.91. The first-order valence-electron chi connectivity index (χ1n) is 7.91. The van der Waals surface area contributed by atoms with Gasteiger partial charge in [0.1, 0.15) is 0 Å². The predicted molar refractivity (Wildman–Crippen MR) is 88.0 cm³/mol. The van der Waals surface area contributed by atoms with Gasteiger partial charge >= 0.3 is 0 Å². The summed E-state index contributed by atoms with van der Waals surface area (Å²) in [4.78, 5) is 4.87. The molecule has 1 aliphatic heterocycles. The van der Waals surface area contributed by atoms with E-state index in [-0.39, 0.29) is 0 Å². The molecule has 0 spiro atoms. The van der Waals surface area contributed by atoms with Crippen LogP contribution in [0.15, 0.2) is 42.7 Å². The molecule has 1 fully saturated rings.